The number of aromatic nitrogens is 2. The van der Waals surface area contributed by atoms with Crippen LogP contribution in [0, 0.1) is 0 Å². The Bertz CT molecular complexity index is 289. The average molecular weight is 184 g/mol. The summed E-state index contributed by atoms with van der Waals surface area (Å²) in [4.78, 5) is 3.87. The molecular weight excluding hydrogens is 172 g/mol. The van der Waals surface area contributed by atoms with Gasteiger partial charge in [-0.2, -0.15) is 0 Å². The normalized spacial score (nSPS) is 33.0. The van der Waals surface area contributed by atoms with Gasteiger partial charge in [0.2, 0.25) is 0 Å². The first-order valence-electron chi connectivity index (χ1n) is 4.22. The molecule has 2 heterocycles. The van der Waals surface area contributed by atoms with Crippen molar-refractivity contribution < 1.29 is 15.3 Å². The summed E-state index contributed by atoms with van der Waals surface area (Å²) in [6.45, 7) is -0.0485. The maximum atomic E-state index is 9.54. The summed E-state index contributed by atoms with van der Waals surface area (Å²) in [5, 5.41) is 28.0. The van der Waals surface area contributed by atoms with Crippen LogP contribution in [0.5, 0.6) is 0 Å². The van der Waals surface area contributed by atoms with Gasteiger partial charge in [0.05, 0.1) is 37.0 Å². The highest BCUT2D eigenvalue weighted by Crippen LogP contribution is 2.31. The van der Waals surface area contributed by atoms with Crippen molar-refractivity contribution in [1.29, 1.82) is 0 Å². The van der Waals surface area contributed by atoms with E-state index < -0.39 is 12.2 Å². The average Bonchev–Trinajstić information content (AvgIpc) is 2.60. The van der Waals surface area contributed by atoms with Gasteiger partial charge in [-0.25, -0.2) is 4.98 Å². The molecule has 72 valence electrons. The summed E-state index contributed by atoms with van der Waals surface area (Å²) < 4.78 is 1.71. The molecule has 1 aliphatic heterocycles. The maximum Gasteiger partial charge on any atom is 0.121 e. The first kappa shape index (κ1) is 8.68. The van der Waals surface area contributed by atoms with Crippen LogP contribution < -0.4 is 0 Å². The lowest BCUT2D eigenvalue weighted by Gasteiger charge is -2.31. The molecule has 0 radical (unpaired) electrons. The van der Waals surface area contributed by atoms with Gasteiger partial charge < -0.3 is 19.9 Å². The van der Waals surface area contributed by atoms with E-state index in [2.05, 4.69) is 4.98 Å². The number of aliphatic hydroxyl groups is 3. The minimum Gasteiger partial charge on any atom is -0.394 e. The van der Waals surface area contributed by atoms with E-state index in [1.54, 1.807) is 10.9 Å². The van der Waals surface area contributed by atoms with Gasteiger partial charge in [0.25, 0.3) is 0 Å². The van der Waals surface area contributed by atoms with Gasteiger partial charge >= 0.3 is 0 Å². The van der Waals surface area contributed by atoms with E-state index in [1.807, 2.05) is 0 Å². The molecule has 0 bridgehead atoms. The van der Waals surface area contributed by atoms with Crippen molar-refractivity contribution in [3.8, 4) is 0 Å². The minimum absolute atomic E-state index is 0.0485. The summed E-state index contributed by atoms with van der Waals surface area (Å²) in [5.41, 5.74) is 0.567. The van der Waals surface area contributed by atoms with Crippen LogP contribution in [0.4, 0.5) is 0 Å². The molecule has 3 atom stereocenters. The molecule has 5 heteroatoms. The van der Waals surface area contributed by atoms with E-state index in [9.17, 15) is 10.2 Å². The SMILES string of the molecule is OC[C@H]1C[C@H](O)[C@H](O)c2cncn21. The van der Waals surface area contributed by atoms with E-state index in [-0.39, 0.29) is 12.6 Å². The Kier molecular flexibility index (Phi) is 2.07. The summed E-state index contributed by atoms with van der Waals surface area (Å²) in [6, 6.07) is -0.170. The quantitative estimate of drug-likeness (QED) is 0.534. The molecule has 0 amide bonds. The third-order valence-corrected chi connectivity index (χ3v) is 2.48. The molecule has 0 saturated carbocycles. The van der Waals surface area contributed by atoms with Gasteiger partial charge in [-0.1, -0.05) is 0 Å². The van der Waals surface area contributed by atoms with E-state index in [0.717, 1.165) is 0 Å². The Morgan fingerprint density at radius 1 is 1.54 bits per heavy atom. The number of nitrogens with zero attached hydrogens (tertiary/aromatic N) is 2. The van der Waals surface area contributed by atoms with E-state index >= 15 is 0 Å². The molecule has 5 nitrogen and oxygen atoms in total. The molecule has 0 spiro atoms. The van der Waals surface area contributed by atoms with E-state index in [1.165, 1.54) is 6.20 Å². The van der Waals surface area contributed by atoms with Crippen LogP contribution in [0.2, 0.25) is 0 Å². The zero-order valence-corrected chi connectivity index (χ0v) is 7.04. The van der Waals surface area contributed by atoms with Crippen molar-refractivity contribution in [3.05, 3.63) is 18.2 Å². The van der Waals surface area contributed by atoms with Gasteiger partial charge in [0.1, 0.15) is 6.10 Å². The van der Waals surface area contributed by atoms with Crippen LogP contribution in [-0.2, 0) is 0 Å². The molecule has 1 aliphatic rings. The molecule has 0 saturated heterocycles. The van der Waals surface area contributed by atoms with E-state index in [4.69, 9.17) is 5.11 Å². The van der Waals surface area contributed by atoms with Crippen LogP contribution in [0.25, 0.3) is 0 Å². The first-order valence-corrected chi connectivity index (χ1v) is 4.22. The second-order valence-corrected chi connectivity index (χ2v) is 3.31. The third-order valence-electron chi connectivity index (χ3n) is 2.48. The fourth-order valence-electron chi connectivity index (χ4n) is 1.73. The van der Waals surface area contributed by atoms with Gasteiger partial charge in [-0.3, -0.25) is 0 Å². The number of fused-ring (bicyclic) bond motifs is 1. The number of rotatable bonds is 1. The maximum absolute atomic E-state index is 9.54. The molecule has 3 N–H and O–H groups in total. The second-order valence-electron chi connectivity index (χ2n) is 3.31. The van der Waals surface area contributed by atoms with Crippen molar-refractivity contribution >= 4 is 0 Å². The minimum atomic E-state index is -0.884. The first-order chi connectivity index (χ1) is 6.24. The number of imidazole rings is 1. The van der Waals surface area contributed by atoms with Crippen molar-refractivity contribution in [1.82, 2.24) is 9.55 Å². The highest BCUT2D eigenvalue weighted by Gasteiger charge is 2.32. The summed E-state index contributed by atoms with van der Waals surface area (Å²) in [5.74, 6) is 0. The van der Waals surface area contributed by atoms with Crippen LogP contribution in [0.3, 0.4) is 0 Å². The summed E-state index contributed by atoms with van der Waals surface area (Å²) in [7, 11) is 0. The van der Waals surface area contributed by atoms with Gasteiger partial charge in [0.15, 0.2) is 0 Å². The van der Waals surface area contributed by atoms with Crippen molar-refractivity contribution in [2.45, 2.75) is 24.7 Å². The Labute approximate surface area is 75.3 Å². The molecule has 0 unspecified atom stereocenters. The topological polar surface area (TPSA) is 78.5 Å². The lowest BCUT2D eigenvalue weighted by Crippen LogP contribution is -2.33. The third kappa shape index (κ3) is 1.25. The molecule has 0 fully saturated rings. The largest absolute Gasteiger partial charge is 0.394 e. The fourth-order valence-corrected chi connectivity index (χ4v) is 1.73. The van der Waals surface area contributed by atoms with Crippen molar-refractivity contribution in [2.75, 3.05) is 6.61 Å². The summed E-state index contributed by atoms with van der Waals surface area (Å²) >= 11 is 0. The predicted octanol–water partition coefficient (Wildman–Crippen LogP) is -0.786. The Morgan fingerprint density at radius 2 is 2.31 bits per heavy atom. The number of aliphatic hydroxyl groups excluding tert-OH is 3. The second kappa shape index (κ2) is 3.10. The van der Waals surface area contributed by atoms with Crippen molar-refractivity contribution in [3.63, 3.8) is 0 Å². The van der Waals surface area contributed by atoms with E-state index in [0.29, 0.717) is 12.1 Å². The smallest absolute Gasteiger partial charge is 0.121 e. The molecule has 0 aliphatic carbocycles. The Morgan fingerprint density at radius 3 is 3.00 bits per heavy atom. The molecule has 13 heavy (non-hydrogen) atoms. The van der Waals surface area contributed by atoms with Crippen LogP contribution in [-0.4, -0.2) is 37.6 Å². The zero-order chi connectivity index (χ0) is 9.42. The highest BCUT2D eigenvalue weighted by atomic mass is 16.3. The lowest BCUT2D eigenvalue weighted by atomic mass is 9.98. The molecule has 2 rings (SSSR count). The van der Waals surface area contributed by atoms with Gasteiger partial charge in [0, 0.05) is 0 Å². The van der Waals surface area contributed by atoms with Gasteiger partial charge in [-0.15, -0.1) is 0 Å². The Hall–Kier alpha value is -0.910. The summed E-state index contributed by atoms with van der Waals surface area (Å²) in [6.07, 6.45) is 1.74. The Balaban J connectivity index is 2.38. The van der Waals surface area contributed by atoms with Crippen LogP contribution in [0.1, 0.15) is 24.3 Å². The standard InChI is InChI=1S/C8H12N2O3/c11-3-5-1-7(12)8(13)6-2-9-4-10(5)6/h2,4-5,7-8,11-13H,1,3H2/t5-,7+,8-/m1/s1. The molecule has 1 aromatic rings. The zero-order valence-electron chi connectivity index (χ0n) is 7.04. The monoisotopic (exact) mass is 184 g/mol. The lowest BCUT2D eigenvalue weighted by molar-refractivity contribution is -0.0227. The number of hydrogen-bond acceptors (Lipinski definition) is 4. The predicted molar refractivity (Wildman–Crippen MR) is 43.9 cm³/mol. The molecule has 1 aromatic heterocycles. The van der Waals surface area contributed by atoms with Crippen LogP contribution in [0.15, 0.2) is 12.5 Å². The number of hydrogen-bond donors (Lipinski definition) is 3. The van der Waals surface area contributed by atoms with Crippen molar-refractivity contribution in [2.24, 2.45) is 0 Å². The molecular formula is C8H12N2O3. The molecule has 0 aromatic carbocycles. The fraction of sp³-hybridized carbons (Fsp3) is 0.625. The highest BCUT2D eigenvalue weighted by molar-refractivity contribution is 5.10. The van der Waals surface area contributed by atoms with Crippen LogP contribution >= 0.6 is 0 Å². The van der Waals surface area contributed by atoms with Gasteiger partial charge in [-0.05, 0) is 6.42 Å².